The van der Waals surface area contributed by atoms with E-state index in [4.69, 9.17) is 4.74 Å². The fourth-order valence-corrected chi connectivity index (χ4v) is 2.27. The monoisotopic (exact) mass is 241 g/mol. The van der Waals surface area contributed by atoms with Crippen LogP contribution in [0.2, 0.25) is 0 Å². The van der Waals surface area contributed by atoms with Crippen LogP contribution in [-0.2, 0) is 4.74 Å². The SMILES string of the molecule is CCCN(CCCOCCCC(C)C)C1CC1. The Labute approximate surface area is 108 Å². The largest absolute Gasteiger partial charge is 0.381 e. The highest BCUT2D eigenvalue weighted by molar-refractivity contribution is 4.84. The van der Waals surface area contributed by atoms with E-state index in [-0.39, 0.29) is 0 Å². The Morgan fingerprint density at radius 1 is 1.12 bits per heavy atom. The van der Waals surface area contributed by atoms with Crippen LogP contribution in [0.5, 0.6) is 0 Å². The first-order valence-electron chi connectivity index (χ1n) is 7.55. The molecule has 17 heavy (non-hydrogen) atoms. The molecule has 2 heteroatoms. The zero-order valence-electron chi connectivity index (χ0n) is 12.1. The molecule has 0 bridgehead atoms. The fraction of sp³-hybridized carbons (Fsp3) is 1.00. The maximum atomic E-state index is 5.69. The second kappa shape index (κ2) is 8.93. The van der Waals surface area contributed by atoms with Crippen molar-refractivity contribution >= 4 is 0 Å². The molecule has 0 spiro atoms. The third kappa shape index (κ3) is 7.77. The number of hydrogen-bond acceptors (Lipinski definition) is 2. The molecule has 2 nitrogen and oxygen atoms in total. The normalized spacial score (nSPS) is 16.1. The molecule has 1 rings (SSSR count). The van der Waals surface area contributed by atoms with Gasteiger partial charge in [-0.05, 0) is 51.0 Å². The van der Waals surface area contributed by atoms with Gasteiger partial charge in [0, 0.05) is 25.8 Å². The molecule has 1 saturated carbocycles. The topological polar surface area (TPSA) is 12.5 Å². The highest BCUT2D eigenvalue weighted by Crippen LogP contribution is 2.26. The first kappa shape index (κ1) is 15.0. The van der Waals surface area contributed by atoms with E-state index >= 15 is 0 Å². The molecule has 0 atom stereocenters. The molecular weight excluding hydrogens is 210 g/mol. The number of nitrogens with zero attached hydrogens (tertiary/aromatic N) is 1. The molecule has 1 fully saturated rings. The number of ether oxygens (including phenoxy) is 1. The molecule has 0 radical (unpaired) electrons. The maximum Gasteiger partial charge on any atom is 0.0478 e. The van der Waals surface area contributed by atoms with Crippen molar-refractivity contribution in [2.75, 3.05) is 26.3 Å². The van der Waals surface area contributed by atoms with Gasteiger partial charge in [0.1, 0.15) is 0 Å². The van der Waals surface area contributed by atoms with Gasteiger partial charge in [0.2, 0.25) is 0 Å². The van der Waals surface area contributed by atoms with E-state index in [1.54, 1.807) is 0 Å². The molecule has 0 aromatic carbocycles. The lowest BCUT2D eigenvalue weighted by atomic mass is 10.1. The van der Waals surface area contributed by atoms with Gasteiger partial charge in [-0.2, -0.15) is 0 Å². The molecule has 0 amide bonds. The van der Waals surface area contributed by atoms with Crippen molar-refractivity contribution in [1.29, 1.82) is 0 Å². The standard InChI is InChI=1S/C15H31NO/c1-4-10-16(15-8-9-15)11-6-13-17-12-5-7-14(2)3/h14-15H,4-13H2,1-3H3. The Kier molecular flexibility index (Phi) is 7.87. The van der Waals surface area contributed by atoms with Gasteiger partial charge in [-0.25, -0.2) is 0 Å². The van der Waals surface area contributed by atoms with Crippen LogP contribution in [0.3, 0.4) is 0 Å². The summed E-state index contributed by atoms with van der Waals surface area (Å²) in [6.07, 6.45) is 7.86. The summed E-state index contributed by atoms with van der Waals surface area (Å²) in [5, 5.41) is 0. The molecule has 0 heterocycles. The van der Waals surface area contributed by atoms with Crippen LogP contribution in [0.25, 0.3) is 0 Å². The lowest BCUT2D eigenvalue weighted by Crippen LogP contribution is -2.28. The summed E-state index contributed by atoms with van der Waals surface area (Å²) in [6, 6.07) is 0.913. The van der Waals surface area contributed by atoms with Gasteiger partial charge in [0.15, 0.2) is 0 Å². The number of hydrogen-bond donors (Lipinski definition) is 0. The van der Waals surface area contributed by atoms with Gasteiger partial charge in [-0.3, -0.25) is 0 Å². The molecule has 0 saturated heterocycles. The average molecular weight is 241 g/mol. The van der Waals surface area contributed by atoms with Gasteiger partial charge in [-0.1, -0.05) is 20.8 Å². The smallest absolute Gasteiger partial charge is 0.0478 e. The van der Waals surface area contributed by atoms with E-state index in [1.807, 2.05) is 0 Å². The van der Waals surface area contributed by atoms with Crippen molar-refractivity contribution in [3.8, 4) is 0 Å². The van der Waals surface area contributed by atoms with E-state index in [2.05, 4.69) is 25.7 Å². The van der Waals surface area contributed by atoms with Crippen LogP contribution in [-0.4, -0.2) is 37.2 Å². The molecule has 0 aromatic rings. The summed E-state index contributed by atoms with van der Waals surface area (Å²) in [5.41, 5.74) is 0. The third-order valence-corrected chi connectivity index (χ3v) is 3.38. The highest BCUT2D eigenvalue weighted by Gasteiger charge is 2.27. The predicted octanol–water partition coefficient (Wildman–Crippen LogP) is 3.70. The van der Waals surface area contributed by atoms with Gasteiger partial charge >= 0.3 is 0 Å². The zero-order valence-corrected chi connectivity index (χ0v) is 12.1. The first-order valence-corrected chi connectivity index (χ1v) is 7.55. The summed E-state index contributed by atoms with van der Waals surface area (Å²) in [4.78, 5) is 2.65. The second-order valence-corrected chi connectivity index (χ2v) is 5.77. The van der Waals surface area contributed by atoms with Gasteiger partial charge in [0.25, 0.3) is 0 Å². The van der Waals surface area contributed by atoms with Crippen LogP contribution in [0.15, 0.2) is 0 Å². The summed E-state index contributed by atoms with van der Waals surface area (Å²) >= 11 is 0. The van der Waals surface area contributed by atoms with Crippen molar-refractivity contribution in [1.82, 2.24) is 4.90 Å². The molecule has 0 aromatic heterocycles. The van der Waals surface area contributed by atoms with E-state index in [0.29, 0.717) is 0 Å². The molecule has 0 unspecified atom stereocenters. The zero-order chi connectivity index (χ0) is 12.5. The summed E-state index contributed by atoms with van der Waals surface area (Å²) in [7, 11) is 0. The second-order valence-electron chi connectivity index (χ2n) is 5.77. The van der Waals surface area contributed by atoms with E-state index in [0.717, 1.165) is 25.2 Å². The van der Waals surface area contributed by atoms with E-state index in [1.165, 1.54) is 51.6 Å². The van der Waals surface area contributed by atoms with Crippen molar-refractivity contribution in [3.63, 3.8) is 0 Å². The molecule has 0 N–H and O–H groups in total. The molecule has 1 aliphatic rings. The Morgan fingerprint density at radius 2 is 1.82 bits per heavy atom. The third-order valence-electron chi connectivity index (χ3n) is 3.38. The minimum atomic E-state index is 0.813. The van der Waals surface area contributed by atoms with Crippen molar-refractivity contribution in [2.45, 2.75) is 65.3 Å². The summed E-state index contributed by atoms with van der Waals surface area (Å²) < 4.78 is 5.69. The van der Waals surface area contributed by atoms with Crippen LogP contribution >= 0.6 is 0 Å². The van der Waals surface area contributed by atoms with Crippen LogP contribution in [0, 0.1) is 5.92 Å². The van der Waals surface area contributed by atoms with Gasteiger partial charge in [-0.15, -0.1) is 0 Å². The molecule has 102 valence electrons. The van der Waals surface area contributed by atoms with Gasteiger partial charge < -0.3 is 9.64 Å². The van der Waals surface area contributed by atoms with Crippen LogP contribution in [0.1, 0.15) is 59.3 Å². The Hall–Kier alpha value is -0.0800. The lowest BCUT2D eigenvalue weighted by Gasteiger charge is -2.20. The van der Waals surface area contributed by atoms with Gasteiger partial charge in [0.05, 0.1) is 0 Å². The maximum absolute atomic E-state index is 5.69. The first-order chi connectivity index (χ1) is 8.24. The predicted molar refractivity (Wildman–Crippen MR) is 74.4 cm³/mol. The Morgan fingerprint density at radius 3 is 2.41 bits per heavy atom. The Bertz CT molecular complexity index is 178. The quantitative estimate of drug-likeness (QED) is 0.511. The highest BCUT2D eigenvalue weighted by atomic mass is 16.5. The molecular formula is C15H31NO. The van der Waals surface area contributed by atoms with Crippen molar-refractivity contribution < 1.29 is 4.74 Å². The van der Waals surface area contributed by atoms with E-state index in [9.17, 15) is 0 Å². The molecule has 0 aliphatic heterocycles. The lowest BCUT2D eigenvalue weighted by molar-refractivity contribution is 0.114. The fourth-order valence-electron chi connectivity index (χ4n) is 2.27. The summed E-state index contributed by atoms with van der Waals surface area (Å²) in [5.74, 6) is 0.813. The van der Waals surface area contributed by atoms with Crippen molar-refractivity contribution in [2.24, 2.45) is 5.92 Å². The Balaban J connectivity index is 1.88. The van der Waals surface area contributed by atoms with E-state index < -0.39 is 0 Å². The van der Waals surface area contributed by atoms with Crippen LogP contribution < -0.4 is 0 Å². The van der Waals surface area contributed by atoms with Crippen molar-refractivity contribution in [3.05, 3.63) is 0 Å². The summed E-state index contributed by atoms with van der Waals surface area (Å²) in [6.45, 7) is 11.2. The van der Waals surface area contributed by atoms with Crippen LogP contribution in [0.4, 0.5) is 0 Å². The minimum absolute atomic E-state index is 0.813. The average Bonchev–Trinajstić information content (AvgIpc) is 3.09. The minimum Gasteiger partial charge on any atom is -0.381 e. The number of rotatable bonds is 11. The molecule has 1 aliphatic carbocycles.